The molecule has 1 amide bonds. The maximum absolute atomic E-state index is 11.1. The summed E-state index contributed by atoms with van der Waals surface area (Å²) >= 11 is 0. The van der Waals surface area contributed by atoms with Crippen LogP contribution in [0.4, 0.5) is 0 Å². The Morgan fingerprint density at radius 3 is 2.46 bits per heavy atom. The highest BCUT2D eigenvalue weighted by molar-refractivity contribution is 5.75. The van der Waals surface area contributed by atoms with Crippen LogP contribution in [-0.2, 0) is 9.53 Å². The van der Waals surface area contributed by atoms with Crippen LogP contribution in [0.3, 0.4) is 0 Å². The predicted molar refractivity (Wildman–Crippen MR) is 53.3 cm³/mol. The third-order valence-corrected chi connectivity index (χ3v) is 1.52. The lowest BCUT2D eigenvalue weighted by atomic mass is 10.2. The summed E-state index contributed by atoms with van der Waals surface area (Å²) < 4.78 is 5.39. The molecular weight excluding hydrogens is 166 g/mol. The molecule has 0 saturated heterocycles. The first-order valence-corrected chi connectivity index (χ1v) is 4.97. The van der Waals surface area contributed by atoms with Crippen molar-refractivity contribution in [3.63, 3.8) is 0 Å². The van der Waals surface area contributed by atoms with Gasteiger partial charge in [-0.05, 0) is 19.3 Å². The molecule has 0 bridgehead atoms. The minimum atomic E-state index is -0.165. The van der Waals surface area contributed by atoms with Crippen LogP contribution in [-0.4, -0.2) is 18.7 Å². The summed E-state index contributed by atoms with van der Waals surface area (Å²) in [5.41, 5.74) is 0. The Balaban J connectivity index is 3.49. The predicted octanol–water partition coefficient (Wildman–Crippen LogP) is 1.92. The molecule has 3 nitrogen and oxygen atoms in total. The van der Waals surface area contributed by atoms with Crippen LogP contribution in [0, 0.1) is 5.92 Å². The zero-order valence-corrected chi connectivity index (χ0v) is 9.09. The van der Waals surface area contributed by atoms with Crippen molar-refractivity contribution >= 4 is 5.91 Å². The zero-order chi connectivity index (χ0) is 10.3. The fourth-order valence-corrected chi connectivity index (χ4v) is 0.904. The van der Waals surface area contributed by atoms with Crippen LogP contribution in [0.5, 0.6) is 0 Å². The van der Waals surface area contributed by atoms with Gasteiger partial charge >= 0.3 is 0 Å². The van der Waals surface area contributed by atoms with Gasteiger partial charge in [0.1, 0.15) is 6.23 Å². The lowest BCUT2D eigenvalue weighted by Crippen LogP contribution is -2.35. The molecule has 0 aliphatic heterocycles. The molecule has 78 valence electrons. The Hall–Kier alpha value is -0.570. The molecule has 0 rings (SSSR count). The fourth-order valence-electron chi connectivity index (χ4n) is 0.904. The highest BCUT2D eigenvalue weighted by Gasteiger charge is 2.06. The Morgan fingerprint density at radius 2 is 2.00 bits per heavy atom. The second kappa shape index (κ2) is 6.89. The van der Waals surface area contributed by atoms with E-state index in [2.05, 4.69) is 19.2 Å². The van der Waals surface area contributed by atoms with Gasteiger partial charge in [0, 0.05) is 6.42 Å². The monoisotopic (exact) mass is 187 g/mol. The third kappa shape index (κ3) is 7.78. The number of carbonyl (C=O) groups is 1. The first kappa shape index (κ1) is 12.4. The van der Waals surface area contributed by atoms with Crippen molar-refractivity contribution in [3.05, 3.63) is 0 Å². The first-order chi connectivity index (χ1) is 6.06. The van der Waals surface area contributed by atoms with E-state index in [-0.39, 0.29) is 12.1 Å². The first-order valence-electron chi connectivity index (χ1n) is 4.97. The number of carbonyl (C=O) groups excluding carboxylic acids is 1. The van der Waals surface area contributed by atoms with E-state index in [0.29, 0.717) is 18.9 Å². The fraction of sp³-hybridized carbons (Fsp3) is 0.900. The van der Waals surface area contributed by atoms with E-state index in [0.717, 1.165) is 6.42 Å². The lowest BCUT2D eigenvalue weighted by Gasteiger charge is -2.15. The summed E-state index contributed by atoms with van der Waals surface area (Å²) in [6.45, 7) is 8.70. The van der Waals surface area contributed by atoms with Gasteiger partial charge in [0.15, 0.2) is 0 Å². The standard InChI is InChI=1S/C10H21NO2/c1-5-6-10(12)11-9(4)13-7-8(2)3/h8-9H,5-7H2,1-4H3,(H,11,12). The average molecular weight is 187 g/mol. The molecule has 0 aromatic carbocycles. The number of amides is 1. The average Bonchev–Trinajstić information content (AvgIpc) is 2.01. The molecule has 0 aliphatic carbocycles. The van der Waals surface area contributed by atoms with E-state index < -0.39 is 0 Å². The molecule has 0 aliphatic rings. The summed E-state index contributed by atoms with van der Waals surface area (Å²) in [6.07, 6.45) is 1.29. The molecular formula is C10H21NO2. The summed E-state index contributed by atoms with van der Waals surface area (Å²) in [5, 5.41) is 2.78. The topological polar surface area (TPSA) is 38.3 Å². The number of ether oxygens (including phenoxy) is 1. The number of hydrogen-bond donors (Lipinski definition) is 1. The van der Waals surface area contributed by atoms with E-state index in [1.807, 2.05) is 13.8 Å². The molecule has 1 unspecified atom stereocenters. The molecule has 0 radical (unpaired) electrons. The van der Waals surface area contributed by atoms with Crippen LogP contribution < -0.4 is 5.32 Å². The minimum Gasteiger partial charge on any atom is -0.359 e. The van der Waals surface area contributed by atoms with Gasteiger partial charge in [-0.15, -0.1) is 0 Å². The number of hydrogen-bond acceptors (Lipinski definition) is 2. The van der Waals surface area contributed by atoms with Gasteiger partial charge in [0.05, 0.1) is 6.61 Å². The molecule has 13 heavy (non-hydrogen) atoms. The molecule has 3 heteroatoms. The van der Waals surface area contributed by atoms with Gasteiger partial charge < -0.3 is 10.1 Å². The summed E-state index contributed by atoms with van der Waals surface area (Å²) in [5.74, 6) is 0.573. The van der Waals surface area contributed by atoms with Crippen LogP contribution in [0.25, 0.3) is 0 Å². The molecule has 0 spiro atoms. The SMILES string of the molecule is CCCC(=O)NC(C)OCC(C)C. The summed E-state index contributed by atoms with van der Waals surface area (Å²) in [4.78, 5) is 11.1. The highest BCUT2D eigenvalue weighted by Crippen LogP contribution is 1.96. The zero-order valence-electron chi connectivity index (χ0n) is 9.09. The smallest absolute Gasteiger partial charge is 0.221 e. The van der Waals surface area contributed by atoms with Gasteiger partial charge in [-0.2, -0.15) is 0 Å². The molecule has 0 heterocycles. The molecule has 0 aromatic heterocycles. The Labute approximate surface area is 80.8 Å². The van der Waals surface area contributed by atoms with Crippen molar-refractivity contribution in [1.29, 1.82) is 0 Å². The molecule has 1 atom stereocenters. The van der Waals surface area contributed by atoms with Crippen molar-refractivity contribution in [2.75, 3.05) is 6.61 Å². The normalized spacial score (nSPS) is 13.0. The molecule has 0 saturated carbocycles. The van der Waals surface area contributed by atoms with Crippen molar-refractivity contribution in [3.8, 4) is 0 Å². The second-order valence-electron chi connectivity index (χ2n) is 3.69. The van der Waals surface area contributed by atoms with Gasteiger partial charge in [-0.1, -0.05) is 20.8 Å². The van der Waals surface area contributed by atoms with E-state index in [1.165, 1.54) is 0 Å². The Bertz CT molecular complexity index is 146. The largest absolute Gasteiger partial charge is 0.359 e. The van der Waals surface area contributed by atoms with Crippen molar-refractivity contribution in [2.45, 2.75) is 46.8 Å². The lowest BCUT2D eigenvalue weighted by molar-refractivity contribution is -0.125. The molecule has 0 aromatic rings. The van der Waals surface area contributed by atoms with Crippen LogP contribution in [0.2, 0.25) is 0 Å². The van der Waals surface area contributed by atoms with Crippen LogP contribution in [0.1, 0.15) is 40.5 Å². The summed E-state index contributed by atoms with van der Waals surface area (Å²) in [7, 11) is 0. The number of rotatable bonds is 6. The molecule has 1 N–H and O–H groups in total. The van der Waals surface area contributed by atoms with Gasteiger partial charge in [-0.25, -0.2) is 0 Å². The van der Waals surface area contributed by atoms with E-state index in [9.17, 15) is 4.79 Å². The van der Waals surface area contributed by atoms with E-state index >= 15 is 0 Å². The third-order valence-electron chi connectivity index (χ3n) is 1.52. The van der Waals surface area contributed by atoms with Crippen LogP contribution >= 0.6 is 0 Å². The highest BCUT2D eigenvalue weighted by atomic mass is 16.5. The van der Waals surface area contributed by atoms with E-state index in [4.69, 9.17) is 4.74 Å². The maximum Gasteiger partial charge on any atom is 0.221 e. The summed E-state index contributed by atoms with van der Waals surface area (Å²) in [6, 6.07) is 0. The van der Waals surface area contributed by atoms with Crippen molar-refractivity contribution < 1.29 is 9.53 Å². The van der Waals surface area contributed by atoms with Gasteiger partial charge in [0.25, 0.3) is 0 Å². The number of nitrogens with one attached hydrogen (secondary N) is 1. The van der Waals surface area contributed by atoms with Gasteiger partial charge in [-0.3, -0.25) is 4.79 Å². The minimum absolute atomic E-state index is 0.0683. The van der Waals surface area contributed by atoms with Crippen molar-refractivity contribution in [1.82, 2.24) is 5.32 Å². The Morgan fingerprint density at radius 1 is 1.38 bits per heavy atom. The van der Waals surface area contributed by atoms with E-state index in [1.54, 1.807) is 0 Å². The van der Waals surface area contributed by atoms with Crippen LogP contribution in [0.15, 0.2) is 0 Å². The van der Waals surface area contributed by atoms with Gasteiger partial charge in [0.2, 0.25) is 5.91 Å². The second-order valence-corrected chi connectivity index (χ2v) is 3.69. The maximum atomic E-state index is 11.1. The quantitative estimate of drug-likeness (QED) is 0.645. The van der Waals surface area contributed by atoms with Crippen molar-refractivity contribution in [2.24, 2.45) is 5.92 Å². The Kier molecular flexibility index (Phi) is 6.59. The molecule has 0 fully saturated rings.